The standard InChI is InChI=1S/C13H13N3O2/c1-16-13(18)10(11(15-16)8-4-5-8)12(17)9-3-2-6-14-7-9/h2-3,6-8,18H,4-5H2,1H3. The molecule has 1 fully saturated rings. The minimum Gasteiger partial charge on any atom is -0.493 e. The normalized spacial score (nSPS) is 14.7. The van der Waals surface area contributed by atoms with Gasteiger partial charge in [0.2, 0.25) is 11.7 Å². The van der Waals surface area contributed by atoms with Crippen LogP contribution in [-0.2, 0) is 7.05 Å². The van der Waals surface area contributed by atoms with Crippen molar-refractivity contribution < 1.29 is 9.90 Å². The quantitative estimate of drug-likeness (QED) is 0.832. The Kier molecular flexibility index (Phi) is 2.40. The maximum absolute atomic E-state index is 12.4. The second-order valence-corrected chi connectivity index (χ2v) is 4.55. The highest BCUT2D eigenvalue weighted by Gasteiger charge is 2.34. The monoisotopic (exact) mass is 243 g/mol. The third kappa shape index (κ3) is 1.68. The number of pyridine rings is 1. The van der Waals surface area contributed by atoms with Crippen molar-refractivity contribution in [1.82, 2.24) is 14.8 Å². The zero-order chi connectivity index (χ0) is 12.7. The summed E-state index contributed by atoms with van der Waals surface area (Å²) in [6, 6.07) is 3.40. The largest absolute Gasteiger partial charge is 0.493 e. The molecule has 2 aromatic heterocycles. The van der Waals surface area contributed by atoms with Gasteiger partial charge >= 0.3 is 0 Å². The fourth-order valence-electron chi connectivity index (χ4n) is 2.04. The molecule has 1 N–H and O–H groups in total. The third-order valence-corrected chi connectivity index (χ3v) is 3.16. The zero-order valence-electron chi connectivity index (χ0n) is 10.00. The van der Waals surface area contributed by atoms with Gasteiger partial charge in [-0.25, -0.2) is 4.68 Å². The average molecular weight is 243 g/mol. The Labute approximate surface area is 104 Å². The SMILES string of the molecule is Cn1nc(C2CC2)c(C(=O)c2cccnc2)c1O. The van der Waals surface area contributed by atoms with E-state index in [0.717, 1.165) is 12.8 Å². The maximum atomic E-state index is 12.4. The molecule has 0 atom stereocenters. The van der Waals surface area contributed by atoms with Crippen LogP contribution in [0.4, 0.5) is 0 Å². The first-order valence-corrected chi connectivity index (χ1v) is 5.89. The van der Waals surface area contributed by atoms with Gasteiger partial charge in [0.15, 0.2) is 0 Å². The molecule has 0 saturated heterocycles. The highest BCUT2D eigenvalue weighted by molar-refractivity contribution is 6.11. The summed E-state index contributed by atoms with van der Waals surface area (Å²) in [7, 11) is 1.64. The second kappa shape index (κ2) is 3.94. The number of hydrogen-bond donors (Lipinski definition) is 1. The van der Waals surface area contributed by atoms with Crippen molar-refractivity contribution in [1.29, 1.82) is 0 Å². The lowest BCUT2D eigenvalue weighted by molar-refractivity contribution is 0.103. The summed E-state index contributed by atoms with van der Waals surface area (Å²) >= 11 is 0. The number of nitrogens with zero attached hydrogens (tertiary/aromatic N) is 3. The molecule has 1 aliphatic carbocycles. The first-order valence-electron chi connectivity index (χ1n) is 5.89. The van der Waals surface area contributed by atoms with Crippen molar-refractivity contribution in [3.8, 4) is 5.88 Å². The molecule has 18 heavy (non-hydrogen) atoms. The van der Waals surface area contributed by atoms with Crippen molar-refractivity contribution in [3.63, 3.8) is 0 Å². The minimum atomic E-state index is -0.212. The molecular formula is C13H13N3O2. The van der Waals surface area contributed by atoms with E-state index in [1.165, 1.54) is 10.9 Å². The van der Waals surface area contributed by atoms with Gasteiger partial charge in [-0.2, -0.15) is 5.10 Å². The third-order valence-electron chi connectivity index (χ3n) is 3.16. The Balaban J connectivity index is 2.08. The van der Waals surface area contributed by atoms with Crippen molar-refractivity contribution in [2.45, 2.75) is 18.8 Å². The Morgan fingerprint density at radius 2 is 2.28 bits per heavy atom. The first-order chi connectivity index (χ1) is 8.68. The molecule has 5 nitrogen and oxygen atoms in total. The molecule has 1 saturated carbocycles. The lowest BCUT2D eigenvalue weighted by Gasteiger charge is -2.01. The predicted molar refractivity (Wildman–Crippen MR) is 64.5 cm³/mol. The highest BCUT2D eigenvalue weighted by atomic mass is 16.3. The molecule has 0 radical (unpaired) electrons. The van der Waals surface area contributed by atoms with Crippen LogP contribution in [0.2, 0.25) is 0 Å². The topological polar surface area (TPSA) is 68.0 Å². The summed E-state index contributed by atoms with van der Waals surface area (Å²) in [5.74, 6) is 0.0362. The van der Waals surface area contributed by atoms with Crippen LogP contribution in [0.5, 0.6) is 5.88 Å². The number of carbonyl (C=O) groups excluding carboxylic acids is 1. The smallest absolute Gasteiger partial charge is 0.220 e. The van der Waals surface area contributed by atoms with E-state index in [-0.39, 0.29) is 11.7 Å². The molecule has 1 aliphatic rings. The highest BCUT2D eigenvalue weighted by Crippen LogP contribution is 2.43. The van der Waals surface area contributed by atoms with Crippen LogP contribution >= 0.6 is 0 Å². The van der Waals surface area contributed by atoms with E-state index in [0.29, 0.717) is 22.7 Å². The molecule has 2 aromatic rings. The number of hydrogen-bond acceptors (Lipinski definition) is 4. The number of aromatic hydroxyl groups is 1. The Bertz CT molecular complexity index is 600. The molecule has 0 spiro atoms. The van der Waals surface area contributed by atoms with Gasteiger partial charge in [0.25, 0.3) is 0 Å². The van der Waals surface area contributed by atoms with Crippen LogP contribution in [0.15, 0.2) is 24.5 Å². The summed E-state index contributed by atoms with van der Waals surface area (Å²) in [6.07, 6.45) is 5.18. The van der Waals surface area contributed by atoms with Gasteiger partial charge in [0.1, 0.15) is 5.56 Å². The van der Waals surface area contributed by atoms with Crippen molar-refractivity contribution in [2.75, 3.05) is 0 Å². The summed E-state index contributed by atoms with van der Waals surface area (Å²) in [4.78, 5) is 16.3. The number of aromatic nitrogens is 3. The van der Waals surface area contributed by atoms with Gasteiger partial charge < -0.3 is 5.11 Å². The van der Waals surface area contributed by atoms with Gasteiger partial charge in [0.05, 0.1) is 5.69 Å². The Morgan fingerprint density at radius 3 is 2.89 bits per heavy atom. The van der Waals surface area contributed by atoms with Gasteiger partial charge in [-0.05, 0) is 25.0 Å². The summed E-state index contributed by atoms with van der Waals surface area (Å²) in [6.45, 7) is 0. The van der Waals surface area contributed by atoms with Gasteiger partial charge in [-0.3, -0.25) is 9.78 Å². The fraction of sp³-hybridized carbons (Fsp3) is 0.308. The number of carbonyl (C=O) groups is 1. The molecule has 92 valence electrons. The molecule has 2 heterocycles. The molecule has 3 rings (SSSR count). The predicted octanol–water partition coefficient (Wildman–Crippen LogP) is 1.63. The maximum Gasteiger partial charge on any atom is 0.220 e. The number of ketones is 1. The van der Waals surface area contributed by atoms with Crippen LogP contribution in [0, 0.1) is 0 Å². The zero-order valence-corrected chi connectivity index (χ0v) is 10.00. The van der Waals surface area contributed by atoms with Gasteiger partial charge in [-0.1, -0.05) is 0 Å². The minimum absolute atomic E-state index is 0.0641. The molecule has 0 aliphatic heterocycles. The van der Waals surface area contributed by atoms with Crippen LogP contribution in [-0.4, -0.2) is 25.7 Å². The van der Waals surface area contributed by atoms with E-state index in [1.54, 1.807) is 25.4 Å². The summed E-state index contributed by atoms with van der Waals surface area (Å²) in [5, 5.41) is 14.2. The van der Waals surface area contributed by atoms with E-state index in [9.17, 15) is 9.90 Å². The van der Waals surface area contributed by atoms with Crippen molar-refractivity contribution >= 4 is 5.78 Å². The Morgan fingerprint density at radius 1 is 1.50 bits per heavy atom. The van der Waals surface area contributed by atoms with Crippen molar-refractivity contribution in [3.05, 3.63) is 41.3 Å². The van der Waals surface area contributed by atoms with Crippen molar-refractivity contribution in [2.24, 2.45) is 7.05 Å². The number of aryl methyl sites for hydroxylation is 1. The van der Waals surface area contributed by atoms with E-state index >= 15 is 0 Å². The van der Waals surface area contributed by atoms with Gasteiger partial charge in [0, 0.05) is 30.9 Å². The van der Waals surface area contributed by atoms with E-state index in [1.807, 2.05) is 0 Å². The summed E-state index contributed by atoms with van der Waals surface area (Å²) in [5.41, 5.74) is 1.51. The van der Waals surface area contributed by atoms with Crippen LogP contribution in [0.25, 0.3) is 0 Å². The lowest BCUT2D eigenvalue weighted by Crippen LogP contribution is -2.04. The molecular weight excluding hydrogens is 230 g/mol. The lowest BCUT2D eigenvalue weighted by atomic mass is 10.0. The number of rotatable bonds is 3. The molecule has 0 unspecified atom stereocenters. The molecule has 5 heteroatoms. The van der Waals surface area contributed by atoms with Gasteiger partial charge in [-0.15, -0.1) is 0 Å². The fourth-order valence-corrected chi connectivity index (χ4v) is 2.04. The Hall–Kier alpha value is -2.17. The van der Waals surface area contributed by atoms with Crippen LogP contribution < -0.4 is 0 Å². The molecule has 0 aromatic carbocycles. The first kappa shape index (κ1) is 11.0. The van der Waals surface area contributed by atoms with E-state index in [2.05, 4.69) is 10.1 Å². The van der Waals surface area contributed by atoms with E-state index < -0.39 is 0 Å². The molecule has 0 amide bonds. The second-order valence-electron chi connectivity index (χ2n) is 4.55. The molecule has 0 bridgehead atoms. The summed E-state index contributed by atoms with van der Waals surface area (Å²) < 4.78 is 1.36. The van der Waals surface area contributed by atoms with Crippen LogP contribution in [0.1, 0.15) is 40.4 Å². The van der Waals surface area contributed by atoms with Crippen LogP contribution in [0.3, 0.4) is 0 Å². The van der Waals surface area contributed by atoms with E-state index in [4.69, 9.17) is 0 Å². The average Bonchev–Trinajstić information content (AvgIpc) is 3.18.